The first kappa shape index (κ1) is 12.5. The number of aromatic amines is 1. The van der Waals surface area contributed by atoms with Crippen molar-refractivity contribution in [2.75, 3.05) is 12.1 Å². The highest BCUT2D eigenvalue weighted by molar-refractivity contribution is 5.49. The third kappa shape index (κ3) is 2.45. The van der Waals surface area contributed by atoms with E-state index in [0.717, 1.165) is 17.1 Å². The number of benzene rings is 1. The first-order valence-corrected chi connectivity index (χ1v) is 6.48. The molecule has 3 rings (SSSR count). The van der Waals surface area contributed by atoms with Crippen LogP contribution in [0.2, 0.25) is 0 Å². The molecule has 0 radical (unpaired) electrons. The number of hydrogen-bond acceptors (Lipinski definition) is 5. The predicted molar refractivity (Wildman–Crippen MR) is 74.1 cm³/mol. The first-order chi connectivity index (χ1) is 9.76. The van der Waals surface area contributed by atoms with Gasteiger partial charge in [-0.2, -0.15) is 0 Å². The van der Waals surface area contributed by atoms with Crippen LogP contribution < -0.4 is 20.3 Å². The number of rotatable bonds is 4. The van der Waals surface area contributed by atoms with Gasteiger partial charge in [-0.05, 0) is 6.07 Å². The number of para-hydroxylation sites is 1. The van der Waals surface area contributed by atoms with Crippen molar-refractivity contribution >= 4 is 5.82 Å². The number of aromatic nitrogens is 2. The Morgan fingerprint density at radius 1 is 1.40 bits per heavy atom. The molecule has 6 nitrogen and oxygen atoms in total. The van der Waals surface area contributed by atoms with E-state index < -0.39 is 0 Å². The van der Waals surface area contributed by atoms with Crippen LogP contribution in [0, 0.1) is 0 Å². The lowest BCUT2D eigenvalue weighted by atomic mass is 10.2. The number of aryl methyl sites for hydroxylation is 1. The predicted octanol–water partition coefficient (Wildman–Crippen LogP) is 1.67. The fourth-order valence-corrected chi connectivity index (χ4v) is 2.08. The van der Waals surface area contributed by atoms with E-state index >= 15 is 0 Å². The highest BCUT2D eigenvalue weighted by Crippen LogP contribution is 2.35. The van der Waals surface area contributed by atoms with Crippen molar-refractivity contribution in [3.05, 3.63) is 46.0 Å². The summed E-state index contributed by atoms with van der Waals surface area (Å²) in [7, 11) is 0. The molecule has 0 spiro atoms. The number of nitrogens with zero attached hydrogens (tertiary/aromatic N) is 1. The van der Waals surface area contributed by atoms with Gasteiger partial charge in [-0.25, -0.2) is 4.98 Å². The largest absolute Gasteiger partial charge is 0.454 e. The third-order valence-corrected chi connectivity index (χ3v) is 3.06. The van der Waals surface area contributed by atoms with Gasteiger partial charge in [0.1, 0.15) is 11.6 Å². The lowest BCUT2D eigenvalue weighted by molar-refractivity contribution is 0.173. The molecular formula is C14H15N3O3. The average Bonchev–Trinajstić information content (AvgIpc) is 2.93. The molecule has 0 saturated carbocycles. The van der Waals surface area contributed by atoms with Crippen molar-refractivity contribution in [2.24, 2.45) is 0 Å². The Kier molecular flexibility index (Phi) is 3.28. The number of H-pyrrole nitrogens is 1. The van der Waals surface area contributed by atoms with Gasteiger partial charge in [0.15, 0.2) is 11.5 Å². The van der Waals surface area contributed by atoms with Crippen LogP contribution in [-0.2, 0) is 13.0 Å². The fourth-order valence-electron chi connectivity index (χ4n) is 2.08. The number of hydrogen-bond donors (Lipinski definition) is 2. The number of nitrogens with one attached hydrogen (secondary N) is 2. The Morgan fingerprint density at radius 2 is 2.30 bits per heavy atom. The smallest absolute Gasteiger partial charge is 0.252 e. The van der Waals surface area contributed by atoms with Crippen LogP contribution in [0.3, 0.4) is 0 Å². The minimum Gasteiger partial charge on any atom is -0.454 e. The van der Waals surface area contributed by atoms with Gasteiger partial charge in [0.25, 0.3) is 5.56 Å². The van der Waals surface area contributed by atoms with Crippen LogP contribution in [0.4, 0.5) is 5.82 Å². The molecule has 1 aromatic heterocycles. The molecule has 0 aliphatic carbocycles. The molecule has 6 heteroatoms. The van der Waals surface area contributed by atoms with E-state index in [1.54, 1.807) is 0 Å². The molecule has 2 N–H and O–H groups in total. The normalized spacial score (nSPS) is 12.4. The summed E-state index contributed by atoms with van der Waals surface area (Å²) in [6, 6.07) is 7.17. The Labute approximate surface area is 115 Å². The standard InChI is InChI=1S/C14H15N3O3/c1-2-11-16-12(6-13(18)17-11)15-7-9-4-3-5-10-14(9)20-8-19-10/h3-6H,2,7-8H2,1H3,(H2,15,16,17,18). The summed E-state index contributed by atoms with van der Waals surface area (Å²) in [5.74, 6) is 2.72. The van der Waals surface area contributed by atoms with Crippen LogP contribution in [0.25, 0.3) is 0 Å². The molecule has 0 fully saturated rings. The van der Waals surface area contributed by atoms with E-state index in [4.69, 9.17) is 9.47 Å². The molecule has 0 saturated heterocycles. The third-order valence-electron chi connectivity index (χ3n) is 3.06. The van der Waals surface area contributed by atoms with E-state index in [1.165, 1.54) is 6.07 Å². The average molecular weight is 273 g/mol. The van der Waals surface area contributed by atoms with E-state index in [1.807, 2.05) is 25.1 Å². The Morgan fingerprint density at radius 3 is 3.15 bits per heavy atom. The fraction of sp³-hybridized carbons (Fsp3) is 0.286. The van der Waals surface area contributed by atoms with Crippen LogP contribution in [0.1, 0.15) is 18.3 Å². The molecule has 20 heavy (non-hydrogen) atoms. The zero-order chi connectivity index (χ0) is 13.9. The summed E-state index contributed by atoms with van der Waals surface area (Å²) in [6.45, 7) is 2.71. The van der Waals surface area contributed by atoms with Crippen molar-refractivity contribution in [1.29, 1.82) is 0 Å². The lowest BCUT2D eigenvalue weighted by Crippen LogP contribution is -2.13. The maximum absolute atomic E-state index is 11.5. The van der Waals surface area contributed by atoms with Crippen LogP contribution in [-0.4, -0.2) is 16.8 Å². The van der Waals surface area contributed by atoms with Gasteiger partial charge < -0.3 is 19.8 Å². The van der Waals surface area contributed by atoms with Crippen molar-refractivity contribution in [3.63, 3.8) is 0 Å². The summed E-state index contributed by atoms with van der Waals surface area (Å²) in [6.07, 6.45) is 0.683. The number of ether oxygens (including phenoxy) is 2. The molecule has 2 aromatic rings. The Balaban J connectivity index is 1.79. The van der Waals surface area contributed by atoms with Crippen LogP contribution >= 0.6 is 0 Å². The van der Waals surface area contributed by atoms with E-state index in [2.05, 4.69) is 15.3 Å². The molecule has 0 atom stereocenters. The molecule has 104 valence electrons. The van der Waals surface area contributed by atoms with Crippen LogP contribution in [0.15, 0.2) is 29.1 Å². The van der Waals surface area contributed by atoms with Gasteiger partial charge in [-0.3, -0.25) is 4.79 Å². The Bertz CT molecular complexity index is 682. The number of fused-ring (bicyclic) bond motifs is 1. The van der Waals surface area contributed by atoms with Gasteiger partial charge >= 0.3 is 0 Å². The minimum absolute atomic E-state index is 0.155. The van der Waals surface area contributed by atoms with Gasteiger partial charge in [0, 0.05) is 24.6 Å². The molecule has 1 aliphatic rings. The monoisotopic (exact) mass is 273 g/mol. The van der Waals surface area contributed by atoms with E-state index in [9.17, 15) is 4.79 Å². The van der Waals surface area contributed by atoms with Crippen molar-refractivity contribution in [3.8, 4) is 11.5 Å². The highest BCUT2D eigenvalue weighted by Gasteiger charge is 2.16. The van der Waals surface area contributed by atoms with Gasteiger partial charge in [-0.15, -0.1) is 0 Å². The van der Waals surface area contributed by atoms with E-state index in [0.29, 0.717) is 24.6 Å². The lowest BCUT2D eigenvalue weighted by Gasteiger charge is -2.08. The maximum atomic E-state index is 11.5. The summed E-state index contributed by atoms with van der Waals surface area (Å²) >= 11 is 0. The zero-order valence-electron chi connectivity index (χ0n) is 11.1. The second-order valence-electron chi connectivity index (χ2n) is 4.44. The van der Waals surface area contributed by atoms with Gasteiger partial charge in [0.05, 0.1) is 0 Å². The minimum atomic E-state index is -0.155. The second kappa shape index (κ2) is 5.24. The molecule has 1 aliphatic heterocycles. The highest BCUT2D eigenvalue weighted by atomic mass is 16.7. The summed E-state index contributed by atoms with van der Waals surface area (Å²) in [5.41, 5.74) is 0.817. The zero-order valence-corrected chi connectivity index (χ0v) is 11.1. The molecule has 0 amide bonds. The summed E-state index contributed by atoms with van der Waals surface area (Å²) in [4.78, 5) is 18.5. The van der Waals surface area contributed by atoms with Crippen molar-refractivity contribution in [1.82, 2.24) is 9.97 Å². The molecule has 0 unspecified atom stereocenters. The topological polar surface area (TPSA) is 76.2 Å². The molecule has 2 heterocycles. The molecule has 0 bridgehead atoms. The Hall–Kier alpha value is -2.50. The SMILES string of the molecule is CCc1nc(NCc2cccc3c2OCO3)cc(=O)[nH]1. The molecule has 1 aromatic carbocycles. The maximum Gasteiger partial charge on any atom is 0.252 e. The summed E-state index contributed by atoms with van der Waals surface area (Å²) in [5, 5.41) is 3.14. The summed E-state index contributed by atoms with van der Waals surface area (Å²) < 4.78 is 10.8. The van der Waals surface area contributed by atoms with Gasteiger partial charge in [-0.1, -0.05) is 19.1 Å². The number of anilines is 1. The first-order valence-electron chi connectivity index (χ1n) is 6.48. The van der Waals surface area contributed by atoms with Crippen molar-refractivity contribution in [2.45, 2.75) is 19.9 Å². The van der Waals surface area contributed by atoms with Crippen molar-refractivity contribution < 1.29 is 9.47 Å². The molecular weight excluding hydrogens is 258 g/mol. The second-order valence-corrected chi connectivity index (χ2v) is 4.44. The van der Waals surface area contributed by atoms with Crippen LogP contribution in [0.5, 0.6) is 11.5 Å². The van der Waals surface area contributed by atoms with E-state index in [-0.39, 0.29) is 12.4 Å². The quantitative estimate of drug-likeness (QED) is 0.886. The van der Waals surface area contributed by atoms with Gasteiger partial charge in [0.2, 0.25) is 6.79 Å².